The van der Waals surface area contributed by atoms with Gasteiger partial charge in [0, 0.05) is 0 Å². The van der Waals surface area contributed by atoms with Gasteiger partial charge >= 0.3 is 13.5 Å². The van der Waals surface area contributed by atoms with Gasteiger partial charge in [-0.2, -0.15) is 0 Å². The maximum absolute atomic E-state index is 13.4. The number of aliphatic hydroxyl groups excluding tert-OH is 2. The van der Waals surface area contributed by atoms with E-state index in [2.05, 4.69) is 32.2 Å². The van der Waals surface area contributed by atoms with E-state index in [1.165, 1.54) is 17.2 Å². The van der Waals surface area contributed by atoms with Crippen molar-refractivity contribution in [3.05, 3.63) is 53.6 Å². The lowest BCUT2D eigenvalue weighted by atomic mass is 10.1. The predicted molar refractivity (Wildman–Crippen MR) is 152 cm³/mol. The molecule has 43 heavy (non-hydrogen) atoms. The van der Waals surface area contributed by atoms with Gasteiger partial charge in [-0.05, 0) is 23.9 Å². The number of H-pyrrole nitrogens is 1. The van der Waals surface area contributed by atoms with Crippen LogP contribution < -0.4 is 5.56 Å². The van der Waals surface area contributed by atoms with Crippen molar-refractivity contribution in [1.82, 2.24) is 29.1 Å². The van der Waals surface area contributed by atoms with E-state index in [1.807, 2.05) is 6.07 Å². The number of nitrogens with zero attached hydrogens (tertiary/aromatic N) is 5. The van der Waals surface area contributed by atoms with Gasteiger partial charge in [0.2, 0.25) is 0 Å². The zero-order valence-electron chi connectivity index (χ0n) is 21.7. The summed E-state index contributed by atoms with van der Waals surface area (Å²) < 4.78 is 50.8. The summed E-state index contributed by atoms with van der Waals surface area (Å²) in [5, 5.41) is 22.5. The molecule has 3 aliphatic rings. The standard InChI is InChI=1S/C22H24N6O11P2S2/c29-15-17-12(36-21(15)27-8-25-10-3-1-2-4-11(10)27)5-34-41(33,43)39-18-13(6-35-40(32,42)38-17)37-22(16(18)30)28-9-26-14-19(28)23-7-24-20(14)31/h1-4,7-9,12-13,15-18,21-22,29-30H,5-6H2,(H,32,42)(H,33,43)(H,23,24,31)/t12-,13-,15?,16?,17?,18?,21-,22-,40?,41?/m1/s1. The highest BCUT2D eigenvalue weighted by atomic mass is 32.7. The summed E-state index contributed by atoms with van der Waals surface area (Å²) in [5.74, 6) is 0. The zero-order chi connectivity index (χ0) is 30.1. The summed E-state index contributed by atoms with van der Waals surface area (Å²) >= 11 is 9.33. The van der Waals surface area contributed by atoms with Gasteiger partial charge in [0.1, 0.15) is 36.6 Å². The Bertz CT molecular complexity index is 1840. The Morgan fingerprint density at radius 3 is 2.37 bits per heavy atom. The van der Waals surface area contributed by atoms with Crippen molar-refractivity contribution in [3.8, 4) is 0 Å². The molecular formula is C22H24N6O11P2S2. The van der Waals surface area contributed by atoms with Crippen molar-refractivity contribution in [1.29, 1.82) is 0 Å². The molecule has 3 fully saturated rings. The van der Waals surface area contributed by atoms with Crippen LogP contribution in [0.5, 0.6) is 0 Å². The van der Waals surface area contributed by atoms with Crippen LogP contribution in [-0.4, -0.2) is 94.0 Å². The monoisotopic (exact) mass is 674 g/mol. The van der Waals surface area contributed by atoms with Crippen LogP contribution in [-0.2, 0) is 43.9 Å². The van der Waals surface area contributed by atoms with Crippen molar-refractivity contribution in [2.45, 2.75) is 49.1 Å². The lowest BCUT2D eigenvalue weighted by Gasteiger charge is -2.29. The van der Waals surface area contributed by atoms with Crippen LogP contribution in [0.1, 0.15) is 12.5 Å². The lowest BCUT2D eigenvalue weighted by Crippen LogP contribution is -2.38. The van der Waals surface area contributed by atoms with Gasteiger partial charge in [0.05, 0.1) is 43.2 Å². The fourth-order valence-electron chi connectivity index (χ4n) is 5.36. The summed E-state index contributed by atoms with van der Waals surface area (Å²) in [5.41, 5.74) is 0.904. The molecule has 3 saturated heterocycles. The van der Waals surface area contributed by atoms with Crippen LogP contribution >= 0.6 is 25.8 Å². The maximum atomic E-state index is 13.4. The second-order valence-corrected chi connectivity index (χ2v) is 15.6. The Morgan fingerprint density at radius 1 is 0.953 bits per heavy atom. The molecule has 0 radical (unpaired) electrons. The molecule has 10 atom stereocenters. The molecule has 0 bridgehead atoms. The molecule has 4 aromatic rings. The molecule has 3 aliphatic heterocycles. The molecule has 0 aliphatic carbocycles. The van der Waals surface area contributed by atoms with E-state index < -0.39 is 81.4 Å². The minimum Gasteiger partial charge on any atom is -0.386 e. The molecule has 0 amide bonds. The van der Waals surface area contributed by atoms with Crippen LogP contribution in [0.3, 0.4) is 0 Å². The Labute approximate surface area is 251 Å². The van der Waals surface area contributed by atoms with Crippen molar-refractivity contribution < 1.29 is 47.2 Å². The number of aromatic amines is 1. The molecule has 230 valence electrons. The SMILES string of the molecule is O=c1[nH]cnc2c1ncn2[C@@H]1O[C@@H]2COP(=O)(S)OC3C(O)[C@H](n4cnc5ccccc54)O[C@@H]3COP(O)(=S)OC2C1O. The number of rotatable bonds is 2. The van der Waals surface area contributed by atoms with Crippen LogP contribution in [0.25, 0.3) is 22.2 Å². The third-order valence-corrected chi connectivity index (χ3v) is 10.5. The average molecular weight is 675 g/mol. The first-order valence-corrected chi connectivity index (χ1v) is 18.1. The summed E-state index contributed by atoms with van der Waals surface area (Å²) in [4.78, 5) is 37.9. The van der Waals surface area contributed by atoms with E-state index in [4.69, 9.17) is 39.4 Å². The maximum Gasteiger partial charge on any atom is 0.386 e. The molecule has 21 heteroatoms. The molecule has 1 aromatic carbocycles. The fraction of sp³-hybridized carbons (Fsp3) is 0.455. The Hall–Kier alpha value is -2.09. The number of hydrogen-bond acceptors (Lipinski definition) is 14. The predicted octanol–water partition coefficient (Wildman–Crippen LogP) is 0.758. The van der Waals surface area contributed by atoms with Gasteiger partial charge in [-0.3, -0.25) is 22.9 Å². The highest BCUT2D eigenvalue weighted by molar-refractivity contribution is 8.44. The van der Waals surface area contributed by atoms with Crippen LogP contribution in [0.4, 0.5) is 0 Å². The van der Waals surface area contributed by atoms with E-state index in [0.717, 1.165) is 6.33 Å². The van der Waals surface area contributed by atoms with Gasteiger partial charge in [-0.1, -0.05) is 24.4 Å². The zero-order valence-corrected chi connectivity index (χ0v) is 25.2. The fourth-order valence-corrected chi connectivity index (χ4v) is 8.30. The highest BCUT2D eigenvalue weighted by Gasteiger charge is 2.52. The van der Waals surface area contributed by atoms with E-state index in [9.17, 15) is 24.5 Å². The number of hydrogen-bond donors (Lipinski definition) is 5. The van der Waals surface area contributed by atoms with Crippen LogP contribution in [0.2, 0.25) is 0 Å². The number of imidazole rings is 2. The number of para-hydroxylation sites is 2. The third kappa shape index (κ3) is 5.42. The number of nitrogens with one attached hydrogen (secondary N) is 1. The largest absolute Gasteiger partial charge is 0.386 e. The molecule has 0 saturated carbocycles. The number of ether oxygens (including phenoxy) is 2. The lowest BCUT2D eigenvalue weighted by molar-refractivity contribution is -0.0576. The molecule has 0 spiro atoms. The molecule has 7 rings (SSSR count). The minimum absolute atomic E-state index is 0.00248. The molecule has 3 aromatic heterocycles. The smallest absolute Gasteiger partial charge is 0.386 e. The van der Waals surface area contributed by atoms with Crippen molar-refractivity contribution >= 4 is 59.8 Å². The molecule has 6 unspecified atom stereocenters. The van der Waals surface area contributed by atoms with E-state index in [0.29, 0.717) is 11.0 Å². The number of thiol groups is 1. The van der Waals surface area contributed by atoms with Gasteiger partial charge in [0.25, 0.3) is 5.56 Å². The normalized spacial score (nSPS) is 38.9. The third-order valence-electron chi connectivity index (χ3n) is 7.33. The summed E-state index contributed by atoms with van der Waals surface area (Å²) in [6.07, 6.45) is -6.25. The van der Waals surface area contributed by atoms with Crippen LogP contribution in [0, 0.1) is 0 Å². The van der Waals surface area contributed by atoms with E-state index in [-0.39, 0.29) is 11.2 Å². The highest BCUT2D eigenvalue weighted by Crippen LogP contribution is 2.58. The molecule has 4 N–H and O–H groups in total. The van der Waals surface area contributed by atoms with Gasteiger partial charge < -0.3 is 38.7 Å². The first-order chi connectivity index (χ1) is 20.5. The topological polar surface area (TPSA) is 215 Å². The molecule has 17 nitrogen and oxygen atoms in total. The minimum atomic E-state index is -4.22. The van der Waals surface area contributed by atoms with Gasteiger partial charge in [-0.15, -0.1) is 0 Å². The van der Waals surface area contributed by atoms with Crippen molar-refractivity contribution in [2.75, 3.05) is 13.2 Å². The Balaban J connectivity index is 1.17. The first kappa shape index (κ1) is 29.6. The van der Waals surface area contributed by atoms with Gasteiger partial charge in [0.15, 0.2) is 23.6 Å². The second-order valence-electron chi connectivity index (χ2n) is 9.98. The number of fused-ring (bicyclic) bond motifs is 4. The number of aromatic nitrogens is 6. The number of benzene rings is 1. The molecular weight excluding hydrogens is 650 g/mol. The second kappa shape index (κ2) is 11.1. The number of aliphatic hydroxyl groups is 2. The quantitative estimate of drug-likeness (QED) is 0.147. The van der Waals surface area contributed by atoms with E-state index >= 15 is 0 Å². The summed E-state index contributed by atoms with van der Waals surface area (Å²) in [6.45, 7) is -9.30. The van der Waals surface area contributed by atoms with Crippen molar-refractivity contribution in [2.24, 2.45) is 0 Å². The average Bonchev–Trinajstić information content (AvgIpc) is 3.72. The Morgan fingerprint density at radius 2 is 1.60 bits per heavy atom. The Kier molecular flexibility index (Phi) is 7.62. The van der Waals surface area contributed by atoms with Crippen molar-refractivity contribution in [3.63, 3.8) is 0 Å². The molecule has 6 heterocycles. The first-order valence-electron chi connectivity index (χ1n) is 12.8. The van der Waals surface area contributed by atoms with Crippen LogP contribution in [0.15, 0.2) is 48.0 Å². The summed E-state index contributed by atoms with van der Waals surface area (Å²) in [6, 6.07) is 7.18. The van der Waals surface area contributed by atoms with Gasteiger partial charge in [-0.25, -0.2) is 19.5 Å². The van der Waals surface area contributed by atoms with E-state index in [1.54, 1.807) is 22.8 Å². The summed E-state index contributed by atoms with van der Waals surface area (Å²) in [7, 11) is 0.